The van der Waals surface area contributed by atoms with Crippen molar-refractivity contribution in [1.29, 1.82) is 0 Å². The highest BCUT2D eigenvalue weighted by Gasteiger charge is 2.13. The first-order valence-corrected chi connectivity index (χ1v) is 6.38. The van der Waals surface area contributed by atoms with Crippen LogP contribution in [0.25, 0.3) is 0 Å². The van der Waals surface area contributed by atoms with Gasteiger partial charge in [0.2, 0.25) is 0 Å². The molecule has 1 aliphatic rings. The van der Waals surface area contributed by atoms with Gasteiger partial charge in [-0.2, -0.15) is 0 Å². The van der Waals surface area contributed by atoms with Gasteiger partial charge in [0.05, 0.1) is 0 Å². The lowest BCUT2D eigenvalue weighted by Crippen LogP contribution is -1.94. The molecule has 0 radical (unpaired) electrons. The topological polar surface area (TPSA) is 20.2 Å². The van der Waals surface area contributed by atoms with Gasteiger partial charge in [-0.3, -0.25) is 0 Å². The number of allylic oxidation sites excluding steroid dienone is 5. The Balaban J connectivity index is 0.00000106. The quantitative estimate of drug-likeness (QED) is 0.671. The van der Waals surface area contributed by atoms with Gasteiger partial charge in [0.1, 0.15) is 5.76 Å². The van der Waals surface area contributed by atoms with Crippen molar-refractivity contribution in [2.45, 2.75) is 60.8 Å². The Morgan fingerprint density at radius 2 is 1.56 bits per heavy atom. The van der Waals surface area contributed by atoms with Crippen molar-refractivity contribution >= 4 is 0 Å². The predicted octanol–water partition coefficient (Wildman–Crippen LogP) is 5.31. The number of hydrogen-bond acceptors (Lipinski definition) is 1. The van der Waals surface area contributed by atoms with Crippen LogP contribution in [0.1, 0.15) is 60.8 Å². The Bertz CT molecular complexity index is 316. The maximum absolute atomic E-state index is 9.91. The normalized spacial score (nSPS) is 16.5. The summed E-state index contributed by atoms with van der Waals surface area (Å²) in [7, 11) is 0. The predicted molar refractivity (Wildman–Crippen MR) is 72.7 cm³/mol. The molecule has 0 fully saturated rings. The van der Waals surface area contributed by atoms with Crippen molar-refractivity contribution in [2.75, 3.05) is 0 Å². The monoisotopic (exact) mass is 222 g/mol. The molecule has 0 bridgehead atoms. The molecule has 1 heteroatoms. The van der Waals surface area contributed by atoms with Crippen LogP contribution in [-0.4, -0.2) is 5.11 Å². The highest BCUT2D eigenvalue weighted by molar-refractivity contribution is 5.44. The Kier molecular flexibility index (Phi) is 6.87. The number of rotatable bonds is 2. The lowest BCUT2D eigenvalue weighted by atomic mass is 9.95. The molecule has 0 spiro atoms. The number of hydrogen-bond donors (Lipinski definition) is 1. The minimum absolute atomic E-state index is 0.471. The molecule has 0 heterocycles. The van der Waals surface area contributed by atoms with E-state index in [0.29, 0.717) is 5.76 Å². The fourth-order valence-electron chi connectivity index (χ4n) is 2.22. The first-order chi connectivity index (χ1) is 7.60. The molecule has 1 rings (SSSR count). The van der Waals surface area contributed by atoms with Crippen molar-refractivity contribution in [3.63, 3.8) is 0 Å². The van der Waals surface area contributed by atoms with Gasteiger partial charge in [0, 0.05) is 0 Å². The SMILES string of the molecule is CC.CCC1=C(O)C=C(C)CC(C)=C1CC. The molecule has 1 N–H and O–H groups in total. The molecular weight excluding hydrogens is 196 g/mol. The van der Waals surface area contributed by atoms with E-state index in [-0.39, 0.29) is 0 Å². The summed E-state index contributed by atoms with van der Waals surface area (Å²) in [6.45, 7) is 12.5. The lowest BCUT2D eigenvalue weighted by molar-refractivity contribution is 0.424. The van der Waals surface area contributed by atoms with Gasteiger partial charge < -0.3 is 5.11 Å². The van der Waals surface area contributed by atoms with Gasteiger partial charge >= 0.3 is 0 Å². The second-order valence-electron chi connectivity index (χ2n) is 4.00. The molecule has 1 nitrogen and oxygen atoms in total. The maximum Gasteiger partial charge on any atom is 0.118 e. The largest absolute Gasteiger partial charge is 0.508 e. The van der Waals surface area contributed by atoms with Crippen molar-refractivity contribution in [3.8, 4) is 0 Å². The second-order valence-corrected chi connectivity index (χ2v) is 4.00. The van der Waals surface area contributed by atoms with Crippen LogP contribution in [0.15, 0.2) is 34.1 Å². The number of aliphatic hydroxyl groups excluding tert-OH is 1. The van der Waals surface area contributed by atoms with Crippen LogP contribution in [-0.2, 0) is 0 Å². The maximum atomic E-state index is 9.91. The second kappa shape index (κ2) is 7.32. The summed E-state index contributed by atoms with van der Waals surface area (Å²) in [6, 6.07) is 0. The summed E-state index contributed by atoms with van der Waals surface area (Å²) >= 11 is 0. The zero-order chi connectivity index (χ0) is 12.7. The summed E-state index contributed by atoms with van der Waals surface area (Å²) < 4.78 is 0. The van der Waals surface area contributed by atoms with Gasteiger partial charge in [-0.15, -0.1) is 0 Å². The first-order valence-electron chi connectivity index (χ1n) is 6.38. The smallest absolute Gasteiger partial charge is 0.118 e. The summed E-state index contributed by atoms with van der Waals surface area (Å²) in [4.78, 5) is 0. The van der Waals surface area contributed by atoms with Crippen LogP contribution < -0.4 is 0 Å². The molecule has 0 aromatic carbocycles. The number of aliphatic hydroxyl groups is 1. The molecular formula is C15H26O. The van der Waals surface area contributed by atoms with Crippen molar-refractivity contribution in [1.82, 2.24) is 0 Å². The van der Waals surface area contributed by atoms with E-state index in [0.717, 1.165) is 24.8 Å². The fraction of sp³-hybridized carbons (Fsp3) is 0.600. The van der Waals surface area contributed by atoms with Crippen molar-refractivity contribution < 1.29 is 5.11 Å². The van der Waals surface area contributed by atoms with E-state index in [2.05, 4.69) is 27.7 Å². The van der Waals surface area contributed by atoms with Gasteiger partial charge in [-0.25, -0.2) is 0 Å². The highest BCUT2D eigenvalue weighted by atomic mass is 16.3. The van der Waals surface area contributed by atoms with E-state index in [4.69, 9.17) is 0 Å². The summed E-state index contributed by atoms with van der Waals surface area (Å²) in [6.07, 6.45) is 4.83. The van der Waals surface area contributed by atoms with Crippen LogP contribution in [0.5, 0.6) is 0 Å². The zero-order valence-corrected chi connectivity index (χ0v) is 11.6. The minimum atomic E-state index is 0.471. The van der Waals surface area contributed by atoms with E-state index in [1.54, 1.807) is 0 Å². The molecule has 0 atom stereocenters. The van der Waals surface area contributed by atoms with E-state index in [1.807, 2.05) is 19.9 Å². The average Bonchev–Trinajstić information content (AvgIpc) is 2.36. The molecule has 0 aromatic rings. The van der Waals surface area contributed by atoms with E-state index < -0.39 is 0 Å². The van der Waals surface area contributed by atoms with Crippen LogP contribution in [0.4, 0.5) is 0 Å². The fourth-order valence-corrected chi connectivity index (χ4v) is 2.22. The van der Waals surface area contributed by atoms with Gasteiger partial charge in [0.25, 0.3) is 0 Å². The van der Waals surface area contributed by atoms with E-state index >= 15 is 0 Å². The van der Waals surface area contributed by atoms with Crippen LogP contribution >= 0.6 is 0 Å². The summed E-state index contributed by atoms with van der Waals surface area (Å²) in [5.41, 5.74) is 5.12. The molecule has 0 aromatic heterocycles. The summed E-state index contributed by atoms with van der Waals surface area (Å²) in [5, 5.41) is 9.91. The Morgan fingerprint density at radius 1 is 1.06 bits per heavy atom. The van der Waals surface area contributed by atoms with E-state index in [1.165, 1.54) is 16.7 Å². The third-order valence-electron chi connectivity index (χ3n) is 2.82. The molecule has 0 aliphatic heterocycles. The van der Waals surface area contributed by atoms with Crippen LogP contribution in [0.2, 0.25) is 0 Å². The van der Waals surface area contributed by atoms with Gasteiger partial charge in [0.15, 0.2) is 0 Å². The van der Waals surface area contributed by atoms with Gasteiger partial charge in [-0.05, 0) is 50.3 Å². The molecule has 0 saturated carbocycles. The Morgan fingerprint density at radius 3 is 2.00 bits per heavy atom. The molecule has 0 unspecified atom stereocenters. The van der Waals surface area contributed by atoms with Crippen molar-refractivity contribution in [3.05, 3.63) is 34.1 Å². The lowest BCUT2D eigenvalue weighted by Gasteiger charge is -2.11. The molecule has 1 aliphatic carbocycles. The standard InChI is InChI=1S/C13H20O.C2H6/c1-5-11-10(4)7-9(3)8-13(14)12(11)6-2;1-2/h8,14H,5-7H2,1-4H3;1-2H3. The third kappa shape index (κ3) is 3.55. The molecule has 0 amide bonds. The average molecular weight is 222 g/mol. The van der Waals surface area contributed by atoms with Crippen LogP contribution in [0.3, 0.4) is 0 Å². The first kappa shape index (κ1) is 15.0. The summed E-state index contributed by atoms with van der Waals surface area (Å²) in [5.74, 6) is 0.471. The highest BCUT2D eigenvalue weighted by Crippen LogP contribution is 2.30. The molecule has 16 heavy (non-hydrogen) atoms. The molecule has 92 valence electrons. The molecule has 0 saturated heterocycles. The van der Waals surface area contributed by atoms with Gasteiger partial charge in [-0.1, -0.05) is 38.8 Å². The Labute approximate surface area is 101 Å². The minimum Gasteiger partial charge on any atom is -0.508 e. The van der Waals surface area contributed by atoms with Crippen LogP contribution in [0, 0.1) is 0 Å². The van der Waals surface area contributed by atoms with Crippen molar-refractivity contribution in [2.24, 2.45) is 0 Å². The Hall–Kier alpha value is -0.980. The zero-order valence-electron chi connectivity index (χ0n) is 11.6. The van der Waals surface area contributed by atoms with E-state index in [9.17, 15) is 5.11 Å². The third-order valence-corrected chi connectivity index (χ3v) is 2.82.